The number of carbonyl (C=O) groups excluding carboxylic acids is 1. The summed E-state index contributed by atoms with van der Waals surface area (Å²) >= 11 is 1.61. The van der Waals surface area contributed by atoms with Gasteiger partial charge in [-0.1, -0.05) is 27.2 Å². The quantitative estimate of drug-likeness (QED) is 0.601. The first-order chi connectivity index (χ1) is 8.99. The van der Waals surface area contributed by atoms with Gasteiger partial charge >= 0.3 is 5.97 Å². The third kappa shape index (κ3) is 2.40. The van der Waals surface area contributed by atoms with Crippen molar-refractivity contribution in [1.82, 2.24) is 4.90 Å². The molecule has 0 saturated carbocycles. The number of carboxylic acid groups (broad SMARTS) is 1. The van der Waals surface area contributed by atoms with Crippen molar-refractivity contribution < 1.29 is 14.7 Å². The molecule has 2 aliphatic heterocycles. The molecule has 19 heavy (non-hydrogen) atoms. The fourth-order valence-electron chi connectivity index (χ4n) is 2.90. The monoisotopic (exact) mass is 283 g/mol. The molecule has 4 nitrogen and oxygen atoms in total. The highest BCUT2D eigenvalue weighted by atomic mass is 32.2. The van der Waals surface area contributed by atoms with E-state index >= 15 is 0 Å². The lowest BCUT2D eigenvalue weighted by molar-refractivity contribution is -0.157. The number of aliphatic carboxylic acids is 1. The second-order valence-electron chi connectivity index (χ2n) is 5.53. The van der Waals surface area contributed by atoms with Crippen LogP contribution in [0.3, 0.4) is 0 Å². The topological polar surface area (TPSA) is 57.6 Å². The van der Waals surface area contributed by atoms with Gasteiger partial charge in [-0.2, -0.15) is 0 Å². The third-order valence-corrected chi connectivity index (χ3v) is 5.06. The molecular weight excluding hydrogens is 262 g/mol. The van der Waals surface area contributed by atoms with Crippen molar-refractivity contribution in [2.45, 2.75) is 46.1 Å². The molecule has 0 aromatic rings. The number of carbonyl (C=O) groups is 2. The van der Waals surface area contributed by atoms with Gasteiger partial charge in [0.1, 0.15) is 5.70 Å². The van der Waals surface area contributed by atoms with E-state index in [2.05, 4.69) is 6.92 Å². The molecule has 0 aromatic heterocycles. The average Bonchev–Trinajstić information content (AvgIpc) is 2.64. The van der Waals surface area contributed by atoms with Crippen LogP contribution in [0.1, 0.15) is 40.0 Å². The largest absolute Gasteiger partial charge is 0.477 e. The van der Waals surface area contributed by atoms with Crippen LogP contribution in [-0.2, 0) is 9.59 Å². The predicted octanol–water partition coefficient (Wildman–Crippen LogP) is 2.70. The van der Waals surface area contributed by atoms with Gasteiger partial charge in [0.15, 0.2) is 0 Å². The van der Waals surface area contributed by atoms with Crippen molar-refractivity contribution >= 4 is 23.6 Å². The Morgan fingerprint density at radius 2 is 2.21 bits per heavy atom. The highest BCUT2D eigenvalue weighted by molar-refractivity contribution is 8.03. The lowest BCUT2D eigenvalue weighted by Crippen LogP contribution is -2.60. The normalized spacial score (nSPS) is 25.9. The van der Waals surface area contributed by atoms with Crippen LogP contribution in [0, 0.1) is 11.8 Å². The van der Waals surface area contributed by atoms with E-state index in [4.69, 9.17) is 0 Å². The van der Waals surface area contributed by atoms with Gasteiger partial charge in [-0.15, -0.1) is 11.8 Å². The summed E-state index contributed by atoms with van der Waals surface area (Å²) in [7, 11) is 0. The van der Waals surface area contributed by atoms with E-state index in [0.717, 1.165) is 29.9 Å². The Balaban J connectivity index is 2.14. The summed E-state index contributed by atoms with van der Waals surface area (Å²) in [5, 5.41) is 9.34. The van der Waals surface area contributed by atoms with Crippen molar-refractivity contribution in [3.05, 3.63) is 10.6 Å². The number of carboxylic acids is 1. The number of thioether (sulfide) groups is 1. The third-order valence-electron chi connectivity index (χ3n) is 3.86. The molecule has 2 aliphatic rings. The molecule has 2 rings (SSSR count). The van der Waals surface area contributed by atoms with Crippen molar-refractivity contribution in [2.24, 2.45) is 11.8 Å². The lowest BCUT2D eigenvalue weighted by atomic mass is 9.79. The Bertz CT molecular complexity index is 430. The van der Waals surface area contributed by atoms with Gasteiger partial charge in [0.2, 0.25) is 5.91 Å². The fourth-order valence-corrected chi connectivity index (χ4v) is 4.19. The Kier molecular flexibility index (Phi) is 4.23. The zero-order valence-corrected chi connectivity index (χ0v) is 12.5. The number of fused-ring (bicyclic) bond motifs is 1. The van der Waals surface area contributed by atoms with Crippen molar-refractivity contribution in [3.63, 3.8) is 0 Å². The lowest BCUT2D eigenvalue weighted by Gasteiger charge is -2.45. The summed E-state index contributed by atoms with van der Waals surface area (Å²) in [6.45, 7) is 6.18. The number of unbranched alkanes of at least 4 members (excludes halogenated alkanes) is 1. The standard InChI is InChI=1S/C14H21NO3S/c1-4-5-6-19-10-7-9-11(8(2)3)13(16)15(9)12(10)14(17)18/h8-9,11H,4-7H2,1-3H3,(H,17,18). The fraction of sp³-hybridized carbons (Fsp3) is 0.714. The Morgan fingerprint density at radius 1 is 1.53 bits per heavy atom. The zero-order valence-electron chi connectivity index (χ0n) is 11.7. The maximum atomic E-state index is 12.1. The second-order valence-corrected chi connectivity index (χ2v) is 6.72. The van der Waals surface area contributed by atoms with E-state index < -0.39 is 5.97 Å². The van der Waals surface area contributed by atoms with E-state index in [1.54, 1.807) is 11.8 Å². The molecule has 2 heterocycles. The van der Waals surface area contributed by atoms with Gasteiger partial charge in [0, 0.05) is 11.3 Å². The Hall–Kier alpha value is -0.970. The van der Waals surface area contributed by atoms with Gasteiger partial charge in [0.05, 0.1) is 12.0 Å². The zero-order chi connectivity index (χ0) is 14.2. The molecule has 0 aromatic carbocycles. The van der Waals surface area contributed by atoms with Gasteiger partial charge in [0.25, 0.3) is 0 Å². The number of hydrogen-bond donors (Lipinski definition) is 1. The molecular formula is C14H21NO3S. The molecule has 1 fully saturated rings. The highest BCUT2D eigenvalue weighted by Gasteiger charge is 2.55. The SMILES string of the molecule is CCCCSC1=C(C(=O)O)N2C(=O)C(C(C)C)C2C1. The van der Waals surface area contributed by atoms with Gasteiger partial charge in [-0.25, -0.2) is 4.79 Å². The second kappa shape index (κ2) is 5.57. The summed E-state index contributed by atoms with van der Waals surface area (Å²) < 4.78 is 0. The van der Waals surface area contributed by atoms with Gasteiger partial charge in [-0.3, -0.25) is 4.79 Å². The molecule has 2 atom stereocenters. The minimum atomic E-state index is -0.961. The van der Waals surface area contributed by atoms with Crippen LogP contribution < -0.4 is 0 Å². The molecule has 1 amide bonds. The van der Waals surface area contributed by atoms with Gasteiger partial charge in [-0.05, 0) is 18.1 Å². The summed E-state index contributed by atoms with van der Waals surface area (Å²) in [6.07, 6.45) is 2.90. The van der Waals surface area contributed by atoms with Crippen LogP contribution in [0.5, 0.6) is 0 Å². The van der Waals surface area contributed by atoms with Crippen molar-refractivity contribution in [3.8, 4) is 0 Å². The number of nitrogens with zero attached hydrogens (tertiary/aromatic N) is 1. The minimum absolute atomic E-state index is 0.00127. The molecule has 5 heteroatoms. The van der Waals surface area contributed by atoms with E-state index in [-0.39, 0.29) is 29.5 Å². The van der Waals surface area contributed by atoms with Crippen LogP contribution >= 0.6 is 11.8 Å². The molecule has 1 N–H and O–H groups in total. The van der Waals surface area contributed by atoms with Crippen LogP contribution in [0.4, 0.5) is 0 Å². The molecule has 2 unspecified atom stereocenters. The molecule has 1 saturated heterocycles. The summed E-state index contributed by atoms with van der Waals surface area (Å²) in [4.78, 5) is 25.9. The number of hydrogen-bond acceptors (Lipinski definition) is 3. The number of rotatable bonds is 6. The number of amides is 1. The Morgan fingerprint density at radius 3 is 2.74 bits per heavy atom. The summed E-state index contributed by atoms with van der Waals surface area (Å²) in [6, 6.07) is 0.0859. The van der Waals surface area contributed by atoms with Crippen LogP contribution in [-0.4, -0.2) is 33.7 Å². The van der Waals surface area contributed by atoms with E-state index in [9.17, 15) is 14.7 Å². The van der Waals surface area contributed by atoms with Crippen molar-refractivity contribution in [2.75, 3.05) is 5.75 Å². The average molecular weight is 283 g/mol. The smallest absolute Gasteiger partial charge is 0.353 e. The van der Waals surface area contributed by atoms with Crippen LogP contribution in [0.25, 0.3) is 0 Å². The van der Waals surface area contributed by atoms with Crippen molar-refractivity contribution in [1.29, 1.82) is 0 Å². The maximum absolute atomic E-state index is 12.1. The first-order valence-corrected chi connectivity index (χ1v) is 7.89. The number of β-lactam (4-membered cyclic amide) rings is 1. The highest BCUT2D eigenvalue weighted by Crippen LogP contribution is 2.48. The minimum Gasteiger partial charge on any atom is -0.477 e. The van der Waals surface area contributed by atoms with Gasteiger partial charge < -0.3 is 10.0 Å². The van der Waals surface area contributed by atoms with E-state index in [0.29, 0.717) is 0 Å². The first kappa shape index (κ1) is 14.4. The first-order valence-electron chi connectivity index (χ1n) is 6.91. The van der Waals surface area contributed by atoms with Crippen LogP contribution in [0.2, 0.25) is 0 Å². The molecule has 0 bridgehead atoms. The summed E-state index contributed by atoms with van der Waals surface area (Å²) in [5.41, 5.74) is 0.244. The molecule has 0 radical (unpaired) electrons. The Labute approximate surface area is 118 Å². The molecule has 0 spiro atoms. The predicted molar refractivity (Wildman–Crippen MR) is 75.6 cm³/mol. The summed E-state index contributed by atoms with van der Waals surface area (Å²) in [5.74, 6) is 0.243. The molecule has 0 aliphatic carbocycles. The van der Waals surface area contributed by atoms with E-state index in [1.807, 2.05) is 13.8 Å². The molecule has 106 valence electrons. The maximum Gasteiger partial charge on any atom is 0.353 e. The van der Waals surface area contributed by atoms with E-state index in [1.165, 1.54) is 4.90 Å². The van der Waals surface area contributed by atoms with Crippen LogP contribution in [0.15, 0.2) is 10.6 Å².